The van der Waals surface area contributed by atoms with Crippen molar-refractivity contribution in [2.75, 3.05) is 39.3 Å². The Labute approximate surface area is 258 Å². The Bertz CT molecular complexity index is 995. The van der Waals surface area contributed by atoms with Crippen molar-refractivity contribution < 1.29 is 24.3 Å². The van der Waals surface area contributed by atoms with Crippen molar-refractivity contribution in [1.29, 1.82) is 0 Å². The number of nitrogens with zero attached hydrogens (tertiary/aromatic N) is 5. The number of carbonyl (C=O) groups is 2. The Kier molecular flexibility index (Phi) is 16.8. The van der Waals surface area contributed by atoms with Gasteiger partial charge < -0.3 is 24.9 Å². The highest BCUT2D eigenvalue weighted by Gasteiger charge is 2.38. The first-order valence-electron chi connectivity index (χ1n) is 16.4. The van der Waals surface area contributed by atoms with E-state index in [4.69, 9.17) is 0 Å². The number of β-amino-alcohol motifs (C(OH)–C–C–N with tert-alkyl or cyclic N) is 1. The van der Waals surface area contributed by atoms with Crippen LogP contribution in [0.25, 0.3) is 0 Å². The summed E-state index contributed by atoms with van der Waals surface area (Å²) in [7, 11) is 0. The van der Waals surface area contributed by atoms with Gasteiger partial charge in [0.15, 0.2) is 5.82 Å². The van der Waals surface area contributed by atoms with Crippen LogP contribution in [0.3, 0.4) is 0 Å². The number of tetrazole rings is 1. The van der Waals surface area contributed by atoms with Gasteiger partial charge in [-0.25, -0.2) is 0 Å². The maximum atomic E-state index is 12.4. The van der Waals surface area contributed by atoms with Crippen LogP contribution in [0, 0.1) is 0 Å². The van der Waals surface area contributed by atoms with E-state index in [-0.39, 0.29) is 42.8 Å². The number of hydrogen-bond acceptors (Lipinski definition) is 7. The molecule has 1 saturated heterocycles. The third kappa shape index (κ3) is 13.0. The zero-order chi connectivity index (χ0) is 31.5. The largest absolute Gasteiger partial charge is 0.872 e. The molecule has 0 radical (unpaired) electrons. The predicted octanol–water partition coefficient (Wildman–Crippen LogP) is 3.14. The number of aliphatic hydroxyl groups is 1. The fraction of sp³-hybridized carbons (Fsp3) is 0.719. The monoisotopic (exact) mass is 601 g/mol. The van der Waals surface area contributed by atoms with E-state index in [2.05, 4.69) is 53.6 Å². The number of nitrogens with one attached hydrogen (secondary N) is 2. The molecule has 0 spiro atoms. The van der Waals surface area contributed by atoms with Gasteiger partial charge in [-0.3, -0.25) is 9.59 Å². The van der Waals surface area contributed by atoms with Gasteiger partial charge in [0.2, 0.25) is 11.8 Å². The Hall–Kier alpha value is -3.05. The van der Waals surface area contributed by atoms with Crippen LogP contribution in [0.15, 0.2) is 24.3 Å². The Balaban J connectivity index is 0.000000332. The number of unbranched alkanes of at least 4 members (excludes halogenated alkanes) is 4. The number of quaternary nitrogens is 1. The molecule has 11 nitrogen and oxygen atoms in total. The maximum Gasteiger partial charge on any atom is 0.242 e. The van der Waals surface area contributed by atoms with Crippen molar-refractivity contribution in [3.05, 3.63) is 35.7 Å². The van der Waals surface area contributed by atoms with Gasteiger partial charge in [-0.1, -0.05) is 82.9 Å². The molecule has 43 heavy (non-hydrogen) atoms. The van der Waals surface area contributed by atoms with Crippen molar-refractivity contribution >= 4 is 11.8 Å². The van der Waals surface area contributed by atoms with Crippen molar-refractivity contribution in [1.82, 2.24) is 30.8 Å². The fourth-order valence-corrected chi connectivity index (χ4v) is 5.58. The highest BCUT2D eigenvalue weighted by atomic mass is 16.3. The van der Waals surface area contributed by atoms with E-state index in [0.717, 1.165) is 5.56 Å². The average Bonchev–Trinajstić information content (AvgIpc) is 3.67. The molecule has 2 aromatic rings. The zero-order valence-corrected chi connectivity index (χ0v) is 26.9. The summed E-state index contributed by atoms with van der Waals surface area (Å²) in [4.78, 5) is 26.2. The molecule has 1 aliphatic heterocycles. The molecule has 2 atom stereocenters. The van der Waals surface area contributed by atoms with Crippen LogP contribution in [0.4, 0.5) is 0 Å². The second-order valence-corrected chi connectivity index (χ2v) is 11.8. The van der Waals surface area contributed by atoms with Crippen LogP contribution in [0.1, 0.15) is 96.9 Å². The molecule has 0 aliphatic carbocycles. The number of hydrogen-bond donors (Lipinski definition) is 3. The number of rotatable bonds is 18. The number of aliphatic hydroxyl groups excluding tert-OH is 1. The molecule has 3 N–H and O–H groups in total. The normalized spacial score (nSPS) is 16.5. The first kappa shape index (κ1) is 36.1. The Morgan fingerprint density at radius 2 is 1.53 bits per heavy atom. The molecule has 0 saturated carbocycles. The van der Waals surface area contributed by atoms with Gasteiger partial charge in [-0.05, 0) is 37.7 Å². The molecule has 1 aliphatic rings. The number of H-pyrrole nitrogens is 1. The summed E-state index contributed by atoms with van der Waals surface area (Å²) in [5.41, 5.74) is 0.932. The lowest BCUT2D eigenvalue weighted by molar-refractivity contribution is -0.929. The van der Waals surface area contributed by atoms with E-state index in [9.17, 15) is 19.8 Å². The molecule has 2 heterocycles. The van der Waals surface area contributed by atoms with Gasteiger partial charge >= 0.3 is 0 Å². The van der Waals surface area contributed by atoms with Gasteiger partial charge in [0.05, 0.1) is 38.7 Å². The van der Waals surface area contributed by atoms with E-state index in [0.29, 0.717) is 13.0 Å². The number of benzene rings is 1. The lowest BCUT2D eigenvalue weighted by Gasteiger charge is -2.39. The smallest absolute Gasteiger partial charge is 0.242 e. The summed E-state index contributed by atoms with van der Waals surface area (Å²) in [6, 6.07) is 5.66. The summed E-state index contributed by atoms with van der Waals surface area (Å²) in [5, 5.41) is 36.8. The average molecular weight is 602 g/mol. The number of aromatic amines is 1. The van der Waals surface area contributed by atoms with Gasteiger partial charge in [-0.15, -0.1) is 15.9 Å². The van der Waals surface area contributed by atoms with Crippen molar-refractivity contribution in [3.8, 4) is 5.75 Å². The van der Waals surface area contributed by atoms with Gasteiger partial charge in [-0.2, -0.15) is 5.21 Å². The summed E-state index contributed by atoms with van der Waals surface area (Å²) < 4.78 is 1.42. The molecule has 11 heteroatoms. The summed E-state index contributed by atoms with van der Waals surface area (Å²) in [6.45, 7) is 15.5. The quantitative estimate of drug-likeness (QED) is 0.222. The highest BCUT2D eigenvalue weighted by Crippen LogP contribution is 2.19. The Morgan fingerprint density at radius 3 is 2.02 bits per heavy atom. The molecule has 1 aromatic heterocycles. The lowest BCUT2D eigenvalue weighted by Crippen LogP contribution is -2.50. The SMILES string of the molecule is CCCC[N+](CCCC)(CCCC)CCCC.O=C(NCCc1ccc([O-])cc1)[C@@H]1C[C@@H](O)CN1C(=O)Cc1nn[nH]n1. The molecule has 1 aromatic carbocycles. The maximum absolute atomic E-state index is 12.4. The molecule has 2 amide bonds. The minimum atomic E-state index is -0.746. The molecular weight excluding hydrogens is 546 g/mol. The first-order chi connectivity index (χ1) is 20.8. The predicted molar refractivity (Wildman–Crippen MR) is 166 cm³/mol. The van der Waals surface area contributed by atoms with Crippen molar-refractivity contribution in [3.63, 3.8) is 0 Å². The van der Waals surface area contributed by atoms with Crippen LogP contribution >= 0.6 is 0 Å². The number of likely N-dealkylation sites (tertiary alicyclic amines) is 1. The minimum absolute atomic E-state index is 0.0616. The lowest BCUT2D eigenvalue weighted by atomic mass is 10.1. The van der Waals surface area contributed by atoms with Crippen LogP contribution in [-0.4, -0.2) is 98.3 Å². The highest BCUT2D eigenvalue weighted by molar-refractivity contribution is 5.89. The molecule has 0 unspecified atom stereocenters. The van der Waals surface area contributed by atoms with E-state index >= 15 is 0 Å². The second kappa shape index (κ2) is 20.0. The van der Waals surface area contributed by atoms with Crippen LogP contribution in [-0.2, 0) is 22.4 Å². The molecular formula is C32H55N7O4. The summed E-state index contributed by atoms with van der Waals surface area (Å²) >= 11 is 0. The molecule has 242 valence electrons. The fourth-order valence-electron chi connectivity index (χ4n) is 5.58. The Morgan fingerprint density at radius 1 is 0.977 bits per heavy atom. The first-order valence-corrected chi connectivity index (χ1v) is 16.4. The van der Waals surface area contributed by atoms with Gasteiger partial charge in [0, 0.05) is 19.5 Å². The third-order valence-electron chi connectivity index (χ3n) is 8.18. The van der Waals surface area contributed by atoms with Crippen molar-refractivity contribution in [2.24, 2.45) is 0 Å². The van der Waals surface area contributed by atoms with Crippen LogP contribution < -0.4 is 10.4 Å². The van der Waals surface area contributed by atoms with E-state index in [1.165, 1.54) is 99.1 Å². The number of amides is 2. The summed E-state index contributed by atoms with van der Waals surface area (Å²) in [5.74, 6) is -0.483. The van der Waals surface area contributed by atoms with Gasteiger partial charge in [0.25, 0.3) is 0 Å². The third-order valence-corrected chi connectivity index (χ3v) is 8.18. The molecule has 1 fully saturated rings. The van der Waals surface area contributed by atoms with E-state index in [1.807, 2.05) is 0 Å². The van der Waals surface area contributed by atoms with Crippen LogP contribution in [0.2, 0.25) is 0 Å². The van der Waals surface area contributed by atoms with Crippen molar-refractivity contribution in [2.45, 2.75) is 110 Å². The number of carbonyl (C=O) groups excluding carboxylic acids is 2. The van der Waals surface area contributed by atoms with E-state index < -0.39 is 12.1 Å². The van der Waals surface area contributed by atoms with E-state index in [1.54, 1.807) is 12.1 Å². The molecule has 0 bridgehead atoms. The zero-order valence-electron chi connectivity index (χ0n) is 26.9. The molecule has 3 rings (SSSR count). The van der Waals surface area contributed by atoms with Crippen LogP contribution in [0.5, 0.6) is 5.75 Å². The van der Waals surface area contributed by atoms with Gasteiger partial charge in [0.1, 0.15) is 6.04 Å². The standard InChI is InChI=1S/C16H20N6O4.C16H36N/c23-11-3-1-10(2-4-11)5-6-17-16(26)13-7-12(24)9-22(13)15(25)8-14-18-20-21-19-14;1-5-9-13-17(14-10-6-2,15-11-7-3)16-12-8-4/h1-4,12-13,23-24H,5-9H2,(H,17,26)(H,18,19,20,21);5-16H2,1-4H3/q;+1/p-1/t12-,13+;/m1./s1. The minimum Gasteiger partial charge on any atom is -0.872 e. The second-order valence-electron chi connectivity index (χ2n) is 11.8. The summed E-state index contributed by atoms with van der Waals surface area (Å²) in [6.07, 6.45) is 11.0. The number of aromatic nitrogens is 4. The topological polar surface area (TPSA) is 147 Å².